The molecule has 142 valence electrons. The van der Waals surface area contributed by atoms with Gasteiger partial charge in [0.05, 0.1) is 13.2 Å². The molecule has 0 saturated carbocycles. The zero-order valence-corrected chi connectivity index (χ0v) is 14.2. The van der Waals surface area contributed by atoms with Crippen molar-refractivity contribution < 1.29 is 38.4 Å². The predicted octanol–water partition coefficient (Wildman–Crippen LogP) is -0.609. The summed E-state index contributed by atoms with van der Waals surface area (Å²) in [5.41, 5.74) is 5.63. The van der Waals surface area contributed by atoms with Crippen molar-refractivity contribution in [3.63, 3.8) is 0 Å². The van der Waals surface area contributed by atoms with E-state index in [4.69, 9.17) is 29.8 Å². The Labute approximate surface area is 144 Å². The van der Waals surface area contributed by atoms with E-state index in [1.165, 1.54) is 0 Å². The number of carbonyl (C=O) groups excluding carboxylic acids is 2. The van der Waals surface area contributed by atoms with Crippen LogP contribution in [-0.2, 0) is 28.5 Å². The molecule has 0 spiro atoms. The lowest BCUT2D eigenvalue weighted by molar-refractivity contribution is -0.157. The number of hydrogen-bond donors (Lipinski definition) is 3. The smallest absolute Gasteiger partial charge is 0.405 e. The second-order valence-electron chi connectivity index (χ2n) is 5.97. The van der Waals surface area contributed by atoms with E-state index in [2.05, 4.69) is 5.32 Å². The summed E-state index contributed by atoms with van der Waals surface area (Å²) < 4.78 is 21.7. The summed E-state index contributed by atoms with van der Waals surface area (Å²) in [6.07, 6.45) is -3.01. The molecule has 0 aromatic carbocycles. The molecule has 10 nitrogen and oxygen atoms in total. The average Bonchev–Trinajstić information content (AvgIpc) is 3.15. The van der Waals surface area contributed by atoms with E-state index in [-0.39, 0.29) is 19.6 Å². The molecule has 0 bridgehead atoms. The minimum atomic E-state index is -1.30. The first-order chi connectivity index (χ1) is 11.9. The van der Waals surface area contributed by atoms with Crippen LogP contribution in [0.1, 0.15) is 26.7 Å². The molecule has 2 rings (SSSR count). The molecule has 0 aromatic rings. The lowest BCUT2D eigenvalue weighted by Crippen LogP contribution is -2.44. The summed E-state index contributed by atoms with van der Waals surface area (Å²) in [7, 11) is 0. The van der Waals surface area contributed by atoms with Gasteiger partial charge in [0, 0.05) is 0 Å². The third-order valence-electron chi connectivity index (χ3n) is 4.23. The van der Waals surface area contributed by atoms with Crippen LogP contribution in [0.4, 0.5) is 4.79 Å². The number of hydrogen-bond acceptors (Lipinski definition) is 8. The molecule has 4 N–H and O–H groups in total. The fraction of sp³-hybridized carbons (Fsp3) is 0.800. The van der Waals surface area contributed by atoms with E-state index < -0.39 is 54.5 Å². The lowest BCUT2D eigenvalue weighted by Gasteiger charge is -2.20. The van der Waals surface area contributed by atoms with E-state index in [0.717, 1.165) is 0 Å². The summed E-state index contributed by atoms with van der Waals surface area (Å²) in [5.74, 6) is -1.23. The zero-order valence-electron chi connectivity index (χ0n) is 14.2. The minimum absolute atomic E-state index is 0.0818. The van der Waals surface area contributed by atoms with Crippen LogP contribution in [0.15, 0.2) is 0 Å². The molecule has 0 aliphatic carbocycles. The van der Waals surface area contributed by atoms with Crippen LogP contribution in [0.3, 0.4) is 0 Å². The molecule has 2 aliphatic heterocycles. The van der Waals surface area contributed by atoms with Crippen LogP contribution in [0, 0.1) is 0 Å². The Morgan fingerprint density at radius 3 is 2.04 bits per heavy atom. The Kier molecular flexibility index (Phi) is 6.57. The van der Waals surface area contributed by atoms with Gasteiger partial charge in [0.2, 0.25) is 0 Å². The normalized spacial score (nSPS) is 30.2. The summed E-state index contributed by atoms with van der Waals surface area (Å²) in [5, 5.41) is 10.8. The quantitative estimate of drug-likeness (QED) is 0.506. The molecule has 25 heavy (non-hydrogen) atoms. The highest BCUT2D eigenvalue weighted by Crippen LogP contribution is 2.31. The zero-order chi connectivity index (χ0) is 18.6. The minimum Gasteiger partial charge on any atom is -0.465 e. The highest BCUT2D eigenvalue weighted by molar-refractivity contribution is 5.80. The number of ether oxygens (including phenoxy) is 4. The first kappa shape index (κ1) is 19.4. The Hall–Kier alpha value is -1.91. The van der Waals surface area contributed by atoms with Crippen LogP contribution in [0.5, 0.6) is 0 Å². The summed E-state index contributed by atoms with van der Waals surface area (Å²) in [6.45, 7) is 3.64. The maximum atomic E-state index is 12.1. The van der Waals surface area contributed by atoms with Crippen LogP contribution < -0.4 is 11.1 Å². The molecule has 4 unspecified atom stereocenters. The number of carboxylic acid groups (broad SMARTS) is 1. The van der Waals surface area contributed by atoms with Gasteiger partial charge in [-0.1, -0.05) is 13.8 Å². The van der Waals surface area contributed by atoms with E-state index in [0.29, 0.717) is 6.42 Å². The highest BCUT2D eigenvalue weighted by atomic mass is 16.7. The number of rotatable bonds is 7. The van der Waals surface area contributed by atoms with Gasteiger partial charge in [0.15, 0.2) is 12.2 Å². The number of carbonyl (C=O) groups is 3. The Balaban J connectivity index is 1.90. The molecular formula is C15H24N2O8. The maximum Gasteiger partial charge on any atom is 0.405 e. The molecule has 2 fully saturated rings. The molecule has 6 atom stereocenters. The van der Waals surface area contributed by atoms with Crippen molar-refractivity contribution in [2.75, 3.05) is 13.2 Å². The monoisotopic (exact) mass is 360 g/mol. The van der Waals surface area contributed by atoms with Crippen molar-refractivity contribution in [2.24, 2.45) is 5.73 Å². The molecule has 10 heteroatoms. The van der Waals surface area contributed by atoms with Crippen molar-refractivity contribution in [3.8, 4) is 0 Å². The molecule has 2 aliphatic rings. The van der Waals surface area contributed by atoms with Crippen LogP contribution in [0.2, 0.25) is 0 Å². The highest BCUT2D eigenvalue weighted by Gasteiger charge is 2.51. The lowest BCUT2D eigenvalue weighted by atomic mass is 10.1. The fourth-order valence-electron chi connectivity index (χ4n) is 2.74. The van der Waals surface area contributed by atoms with Crippen molar-refractivity contribution in [1.82, 2.24) is 5.32 Å². The van der Waals surface area contributed by atoms with Gasteiger partial charge < -0.3 is 35.1 Å². The predicted molar refractivity (Wildman–Crippen MR) is 82.7 cm³/mol. The number of fused-ring (bicyclic) bond motifs is 1. The van der Waals surface area contributed by atoms with Crippen molar-refractivity contribution >= 4 is 18.0 Å². The van der Waals surface area contributed by atoms with E-state index in [9.17, 15) is 14.4 Å². The largest absolute Gasteiger partial charge is 0.465 e. The van der Waals surface area contributed by atoms with E-state index >= 15 is 0 Å². The number of nitrogens with two attached hydrogens (primary N) is 1. The van der Waals surface area contributed by atoms with Gasteiger partial charge in [-0.15, -0.1) is 0 Å². The Morgan fingerprint density at radius 2 is 1.60 bits per heavy atom. The second kappa shape index (κ2) is 8.45. The Morgan fingerprint density at radius 1 is 1.08 bits per heavy atom. The van der Waals surface area contributed by atoms with Gasteiger partial charge >= 0.3 is 18.0 Å². The molecule has 0 radical (unpaired) electrons. The Bertz CT molecular complexity index is 514. The van der Waals surface area contributed by atoms with E-state index in [1.807, 2.05) is 0 Å². The SMILES string of the molecule is CCC(N)C(=O)O[C@@H]1COC2C1OC[C@@H]2OC(=O)C(CC)NC(=O)O. The van der Waals surface area contributed by atoms with Gasteiger partial charge in [-0.3, -0.25) is 4.79 Å². The average molecular weight is 360 g/mol. The van der Waals surface area contributed by atoms with Crippen LogP contribution in [-0.4, -0.2) is 72.9 Å². The second-order valence-corrected chi connectivity index (χ2v) is 5.97. The van der Waals surface area contributed by atoms with Gasteiger partial charge in [0.1, 0.15) is 24.3 Å². The van der Waals surface area contributed by atoms with Crippen LogP contribution in [0.25, 0.3) is 0 Å². The molecule has 0 aromatic heterocycles. The third kappa shape index (κ3) is 4.59. The van der Waals surface area contributed by atoms with Crippen molar-refractivity contribution in [3.05, 3.63) is 0 Å². The first-order valence-corrected chi connectivity index (χ1v) is 8.26. The summed E-state index contributed by atoms with van der Waals surface area (Å²) in [4.78, 5) is 34.6. The van der Waals surface area contributed by atoms with Crippen molar-refractivity contribution in [1.29, 1.82) is 0 Å². The fourth-order valence-corrected chi connectivity index (χ4v) is 2.74. The number of amides is 1. The summed E-state index contributed by atoms with van der Waals surface area (Å²) in [6, 6.07) is -1.67. The third-order valence-corrected chi connectivity index (χ3v) is 4.23. The van der Waals surface area contributed by atoms with Gasteiger partial charge in [0.25, 0.3) is 0 Å². The molecule has 2 heterocycles. The first-order valence-electron chi connectivity index (χ1n) is 8.26. The van der Waals surface area contributed by atoms with Gasteiger partial charge in [-0.25, -0.2) is 9.59 Å². The molecule has 1 amide bonds. The van der Waals surface area contributed by atoms with E-state index in [1.54, 1.807) is 13.8 Å². The van der Waals surface area contributed by atoms with Crippen molar-refractivity contribution in [2.45, 2.75) is 63.2 Å². The maximum absolute atomic E-state index is 12.1. The number of esters is 2. The molecular weight excluding hydrogens is 336 g/mol. The van der Waals surface area contributed by atoms with Gasteiger partial charge in [-0.05, 0) is 12.8 Å². The van der Waals surface area contributed by atoms with Gasteiger partial charge in [-0.2, -0.15) is 0 Å². The standard InChI is InChI=1S/C15H24N2O8/c1-3-7(16)13(18)24-9-5-22-12-10(6-23-11(9)12)25-14(19)8(4-2)17-15(20)21/h7-12,17H,3-6,16H2,1-2H3,(H,20,21)/t7?,8?,9-,10+,11?,12?/m1/s1. The number of nitrogens with one attached hydrogen (secondary N) is 1. The topological polar surface area (TPSA) is 146 Å². The molecule has 2 saturated heterocycles. The van der Waals surface area contributed by atoms with Crippen LogP contribution >= 0.6 is 0 Å². The summed E-state index contributed by atoms with van der Waals surface area (Å²) >= 11 is 0.